The van der Waals surface area contributed by atoms with Gasteiger partial charge < -0.3 is 14.6 Å². The van der Waals surface area contributed by atoms with E-state index in [-0.39, 0.29) is 18.2 Å². The molecule has 1 N–H and O–H groups in total. The first kappa shape index (κ1) is 14.2. The third-order valence-electron chi connectivity index (χ3n) is 3.60. The summed E-state index contributed by atoms with van der Waals surface area (Å²) in [5.41, 5.74) is 1.63. The maximum atomic E-state index is 13.7. The molecule has 2 atom stereocenters. The number of nitrogens with one attached hydrogen (secondary N) is 1. The molecule has 2 heterocycles. The van der Waals surface area contributed by atoms with E-state index in [0.29, 0.717) is 12.1 Å². The predicted octanol–water partition coefficient (Wildman–Crippen LogP) is 3.18. The van der Waals surface area contributed by atoms with Crippen molar-refractivity contribution in [3.05, 3.63) is 30.3 Å². The molecular weight excluding hydrogens is 267 g/mol. The summed E-state index contributed by atoms with van der Waals surface area (Å²) in [7, 11) is 0. The fourth-order valence-electron chi connectivity index (χ4n) is 2.83. The minimum absolute atomic E-state index is 0. The lowest BCUT2D eigenvalue weighted by Gasteiger charge is -2.41. The van der Waals surface area contributed by atoms with Gasteiger partial charge in [-0.1, -0.05) is 0 Å². The van der Waals surface area contributed by atoms with Crippen molar-refractivity contribution in [1.82, 2.24) is 5.32 Å². The molecule has 2 aromatic rings. The lowest BCUT2D eigenvalue weighted by Crippen LogP contribution is -2.55. The van der Waals surface area contributed by atoms with Gasteiger partial charge in [0.1, 0.15) is 5.82 Å². The van der Waals surface area contributed by atoms with Crippen LogP contribution in [-0.2, 0) is 0 Å². The summed E-state index contributed by atoms with van der Waals surface area (Å²) in [5, 5.41) is 4.20. The molecule has 19 heavy (non-hydrogen) atoms. The predicted molar refractivity (Wildman–Crippen MR) is 77.7 cm³/mol. The summed E-state index contributed by atoms with van der Waals surface area (Å²) in [4.78, 5) is 2.24. The van der Waals surface area contributed by atoms with Crippen molar-refractivity contribution in [2.75, 3.05) is 18.0 Å². The normalized spacial score (nSPS) is 23.4. The van der Waals surface area contributed by atoms with Gasteiger partial charge in [0.15, 0.2) is 5.58 Å². The molecule has 0 spiro atoms. The first-order valence-electron chi connectivity index (χ1n) is 6.32. The van der Waals surface area contributed by atoms with Gasteiger partial charge in [-0.3, -0.25) is 0 Å². The van der Waals surface area contributed by atoms with Crippen LogP contribution in [0.5, 0.6) is 0 Å². The second-order valence-corrected chi connectivity index (χ2v) is 5.03. The van der Waals surface area contributed by atoms with Crippen LogP contribution in [0.25, 0.3) is 11.0 Å². The number of hydrogen-bond donors (Lipinski definition) is 1. The number of benzene rings is 1. The summed E-state index contributed by atoms with van der Waals surface area (Å²) in [6.07, 6.45) is 1.62. The molecule has 0 bridgehead atoms. The Balaban J connectivity index is 0.00000133. The SMILES string of the molecule is CC1CNCC(C)N1c1cc(F)cc2ccoc12.Cl. The summed E-state index contributed by atoms with van der Waals surface area (Å²) in [6, 6.07) is 5.54. The molecule has 104 valence electrons. The molecule has 1 aliphatic heterocycles. The summed E-state index contributed by atoms with van der Waals surface area (Å²) in [5.74, 6) is -0.211. The number of nitrogens with zero attached hydrogens (tertiary/aromatic N) is 1. The first-order valence-corrected chi connectivity index (χ1v) is 6.32. The van der Waals surface area contributed by atoms with Crippen LogP contribution in [-0.4, -0.2) is 25.2 Å². The minimum atomic E-state index is -0.211. The average Bonchev–Trinajstić information content (AvgIpc) is 2.76. The van der Waals surface area contributed by atoms with Crippen molar-refractivity contribution in [1.29, 1.82) is 0 Å². The highest BCUT2D eigenvalue weighted by molar-refractivity contribution is 5.90. The fraction of sp³-hybridized carbons (Fsp3) is 0.429. The Kier molecular flexibility index (Phi) is 4.02. The van der Waals surface area contributed by atoms with Gasteiger partial charge in [-0.05, 0) is 26.0 Å². The van der Waals surface area contributed by atoms with Crippen LogP contribution in [0.4, 0.5) is 10.1 Å². The Morgan fingerprint density at radius 2 is 1.95 bits per heavy atom. The third-order valence-corrected chi connectivity index (χ3v) is 3.60. The van der Waals surface area contributed by atoms with Crippen molar-refractivity contribution in [2.24, 2.45) is 0 Å². The third kappa shape index (κ3) is 2.42. The number of fused-ring (bicyclic) bond motifs is 1. The highest BCUT2D eigenvalue weighted by atomic mass is 35.5. The fourth-order valence-corrected chi connectivity index (χ4v) is 2.83. The Morgan fingerprint density at radius 3 is 2.63 bits per heavy atom. The van der Waals surface area contributed by atoms with Crippen molar-refractivity contribution < 1.29 is 8.81 Å². The highest BCUT2D eigenvalue weighted by Gasteiger charge is 2.27. The topological polar surface area (TPSA) is 28.4 Å². The maximum Gasteiger partial charge on any atom is 0.157 e. The van der Waals surface area contributed by atoms with Crippen LogP contribution in [0, 0.1) is 5.82 Å². The Hall–Kier alpha value is -1.26. The molecule has 0 amide bonds. The van der Waals surface area contributed by atoms with Crippen LogP contribution < -0.4 is 10.2 Å². The van der Waals surface area contributed by atoms with Crippen LogP contribution in [0.3, 0.4) is 0 Å². The quantitative estimate of drug-likeness (QED) is 0.872. The summed E-state index contributed by atoms with van der Waals surface area (Å²) in [6.45, 7) is 6.09. The summed E-state index contributed by atoms with van der Waals surface area (Å²) >= 11 is 0. The Bertz CT molecular complexity index is 562. The van der Waals surface area contributed by atoms with Crippen LogP contribution in [0.15, 0.2) is 28.9 Å². The monoisotopic (exact) mass is 284 g/mol. The molecule has 2 unspecified atom stereocenters. The van der Waals surface area contributed by atoms with Gasteiger partial charge in [0.2, 0.25) is 0 Å². The molecule has 1 aliphatic rings. The van der Waals surface area contributed by atoms with Crippen molar-refractivity contribution in [3.8, 4) is 0 Å². The molecule has 1 fully saturated rings. The first-order chi connectivity index (χ1) is 8.66. The molecule has 0 radical (unpaired) electrons. The molecule has 0 saturated carbocycles. The number of anilines is 1. The van der Waals surface area contributed by atoms with Gasteiger partial charge in [-0.2, -0.15) is 0 Å². The smallest absolute Gasteiger partial charge is 0.157 e. The largest absolute Gasteiger partial charge is 0.462 e. The minimum Gasteiger partial charge on any atom is -0.462 e. The molecule has 3 rings (SSSR count). The Morgan fingerprint density at radius 1 is 1.26 bits per heavy atom. The second-order valence-electron chi connectivity index (χ2n) is 5.03. The van der Waals surface area contributed by atoms with E-state index in [1.807, 2.05) is 0 Å². The van der Waals surface area contributed by atoms with Gasteiger partial charge in [0.05, 0.1) is 12.0 Å². The van der Waals surface area contributed by atoms with Crippen molar-refractivity contribution in [3.63, 3.8) is 0 Å². The number of rotatable bonds is 1. The van der Waals surface area contributed by atoms with Crippen molar-refractivity contribution >= 4 is 29.1 Å². The molecule has 1 aromatic heterocycles. The molecule has 3 nitrogen and oxygen atoms in total. The lowest BCUT2D eigenvalue weighted by atomic mass is 10.1. The zero-order valence-electron chi connectivity index (χ0n) is 11.0. The van der Waals surface area contributed by atoms with E-state index in [0.717, 1.165) is 29.7 Å². The van der Waals surface area contributed by atoms with E-state index in [1.54, 1.807) is 18.4 Å². The van der Waals surface area contributed by atoms with Gasteiger partial charge in [0, 0.05) is 36.6 Å². The van der Waals surface area contributed by atoms with Gasteiger partial charge in [-0.25, -0.2) is 4.39 Å². The number of piperazine rings is 1. The maximum absolute atomic E-state index is 13.7. The van der Waals surface area contributed by atoms with Crippen LogP contribution >= 0.6 is 12.4 Å². The number of halogens is 2. The van der Waals surface area contributed by atoms with Crippen molar-refractivity contribution in [2.45, 2.75) is 25.9 Å². The van der Waals surface area contributed by atoms with Gasteiger partial charge in [0.25, 0.3) is 0 Å². The molecular formula is C14H18ClFN2O. The standard InChI is InChI=1S/C14H17FN2O.ClH/c1-9-7-16-8-10(2)17(9)13-6-12(15)5-11-3-4-18-14(11)13;/h3-6,9-10,16H,7-8H2,1-2H3;1H. The van der Waals surface area contributed by atoms with E-state index in [4.69, 9.17) is 4.42 Å². The summed E-state index contributed by atoms with van der Waals surface area (Å²) < 4.78 is 19.2. The zero-order valence-corrected chi connectivity index (χ0v) is 11.8. The van der Waals surface area contributed by atoms with Gasteiger partial charge in [-0.15, -0.1) is 12.4 Å². The molecule has 5 heteroatoms. The van der Waals surface area contributed by atoms with E-state index in [1.165, 1.54) is 6.07 Å². The van der Waals surface area contributed by atoms with E-state index in [9.17, 15) is 4.39 Å². The number of hydrogen-bond acceptors (Lipinski definition) is 3. The van der Waals surface area contributed by atoms with E-state index in [2.05, 4.69) is 24.1 Å². The van der Waals surface area contributed by atoms with Crippen LogP contribution in [0.2, 0.25) is 0 Å². The molecule has 1 saturated heterocycles. The Labute approximate surface area is 118 Å². The second kappa shape index (κ2) is 5.39. The van der Waals surface area contributed by atoms with E-state index < -0.39 is 0 Å². The highest BCUT2D eigenvalue weighted by Crippen LogP contribution is 2.32. The molecule has 1 aromatic carbocycles. The average molecular weight is 285 g/mol. The van der Waals surface area contributed by atoms with Crippen LogP contribution in [0.1, 0.15) is 13.8 Å². The van der Waals surface area contributed by atoms with E-state index >= 15 is 0 Å². The zero-order chi connectivity index (χ0) is 12.7. The molecule has 0 aliphatic carbocycles. The van der Waals surface area contributed by atoms with Gasteiger partial charge >= 0.3 is 0 Å². The number of furan rings is 1. The lowest BCUT2D eigenvalue weighted by molar-refractivity contribution is 0.430.